The maximum atomic E-state index is 12.3. The minimum absolute atomic E-state index is 0.0460. The second-order valence-electron chi connectivity index (χ2n) is 6.00. The van der Waals surface area contributed by atoms with Gasteiger partial charge in [-0.25, -0.2) is 0 Å². The van der Waals surface area contributed by atoms with E-state index in [1.165, 1.54) is 6.07 Å². The first-order valence-electron chi connectivity index (χ1n) is 8.50. The molecule has 0 atom stereocenters. The summed E-state index contributed by atoms with van der Waals surface area (Å²) in [5.41, 5.74) is 0.925. The van der Waals surface area contributed by atoms with Gasteiger partial charge in [0.15, 0.2) is 11.2 Å². The molecule has 1 N–H and O–H groups in total. The van der Waals surface area contributed by atoms with Crippen molar-refractivity contribution >= 4 is 32.8 Å². The van der Waals surface area contributed by atoms with E-state index in [-0.39, 0.29) is 17.7 Å². The summed E-state index contributed by atoms with van der Waals surface area (Å²) in [6.45, 7) is 0.261. The molecule has 2 aromatic carbocycles. The summed E-state index contributed by atoms with van der Waals surface area (Å²) in [6.07, 6.45) is 0.357. The summed E-state index contributed by atoms with van der Waals surface area (Å²) < 4.78 is 11.5. The van der Waals surface area contributed by atoms with Crippen LogP contribution in [0.5, 0.6) is 0 Å². The van der Waals surface area contributed by atoms with Crippen molar-refractivity contribution in [1.29, 1.82) is 0 Å². The smallest absolute Gasteiger partial charge is 0.287 e. The van der Waals surface area contributed by atoms with Crippen molar-refractivity contribution in [1.82, 2.24) is 15.5 Å². The van der Waals surface area contributed by atoms with E-state index in [9.17, 15) is 9.59 Å². The monoisotopic (exact) mass is 439 g/mol. The van der Waals surface area contributed by atoms with Gasteiger partial charge in [0.05, 0.1) is 5.39 Å². The molecule has 2 heterocycles. The molecule has 0 aliphatic carbocycles. The third-order valence-electron chi connectivity index (χ3n) is 4.04. The van der Waals surface area contributed by atoms with Crippen LogP contribution in [-0.4, -0.2) is 22.6 Å². The van der Waals surface area contributed by atoms with Gasteiger partial charge in [0.25, 0.3) is 5.91 Å². The molecule has 4 rings (SSSR count). The average Bonchev–Trinajstić information content (AvgIpc) is 3.18. The number of nitrogens with zero attached hydrogens (tertiary/aromatic N) is 2. The van der Waals surface area contributed by atoms with E-state index in [1.807, 2.05) is 30.3 Å². The van der Waals surface area contributed by atoms with Crippen molar-refractivity contribution in [3.05, 3.63) is 80.9 Å². The van der Waals surface area contributed by atoms with Gasteiger partial charge in [-0.05, 0) is 18.2 Å². The number of fused-ring (bicyclic) bond motifs is 1. The van der Waals surface area contributed by atoms with Gasteiger partial charge in [-0.15, -0.1) is 0 Å². The lowest BCUT2D eigenvalue weighted by Gasteiger charge is -2.04. The highest BCUT2D eigenvalue weighted by atomic mass is 79.9. The molecule has 140 valence electrons. The minimum Gasteiger partial charge on any atom is -0.451 e. The van der Waals surface area contributed by atoms with Crippen LogP contribution in [0.2, 0.25) is 0 Å². The van der Waals surface area contributed by atoms with Crippen LogP contribution in [0.3, 0.4) is 0 Å². The number of amides is 1. The van der Waals surface area contributed by atoms with Crippen molar-refractivity contribution in [3.8, 4) is 11.4 Å². The summed E-state index contributed by atoms with van der Waals surface area (Å²) in [5.74, 6) is 0.373. The van der Waals surface area contributed by atoms with Crippen LogP contribution in [0, 0.1) is 0 Å². The zero-order chi connectivity index (χ0) is 19.5. The predicted molar refractivity (Wildman–Crippen MR) is 106 cm³/mol. The number of carbonyl (C=O) groups is 1. The zero-order valence-electron chi connectivity index (χ0n) is 14.5. The fraction of sp³-hybridized carbons (Fsp3) is 0.100. The zero-order valence-corrected chi connectivity index (χ0v) is 16.1. The predicted octanol–water partition coefficient (Wildman–Crippen LogP) is 3.58. The maximum absolute atomic E-state index is 12.3. The molecular weight excluding hydrogens is 426 g/mol. The number of benzene rings is 2. The van der Waals surface area contributed by atoms with Gasteiger partial charge in [0, 0.05) is 29.1 Å². The van der Waals surface area contributed by atoms with Gasteiger partial charge < -0.3 is 14.3 Å². The standard InChI is InChI=1S/C20H14BrN3O4/c21-13-6-7-16-14(10-13)15(25)11-17(27-16)20(26)22-9-8-18-23-19(24-28-18)12-4-2-1-3-5-12/h1-7,10-11H,8-9H2,(H,22,26). The molecular formula is C20H14BrN3O4. The van der Waals surface area contributed by atoms with Crippen LogP contribution >= 0.6 is 15.9 Å². The van der Waals surface area contributed by atoms with Gasteiger partial charge in [-0.1, -0.05) is 51.4 Å². The molecule has 0 radical (unpaired) electrons. The molecule has 8 heteroatoms. The molecule has 0 fully saturated rings. The van der Waals surface area contributed by atoms with E-state index in [1.54, 1.807) is 18.2 Å². The van der Waals surface area contributed by atoms with E-state index in [4.69, 9.17) is 8.94 Å². The summed E-state index contributed by atoms with van der Waals surface area (Å²) >= 11 is 3.31. The van der Waals surface area contributed by atoms with Gasteiger partial charge in [-0.3, -0.25) is 9.59 Å². The Morgan fingerprint density at radius 3 is 2.75 bits per heavy atom. The highest BCUT2D eigenvalue weighted by molar-refractivity contribution is 9.10. The Bertz CT molecular complexity index is 1200. The van der Waals surface area contributed by atoms with Crippen molar-refractivity contribution in [2.75, 3.05) is 6.54 Å². The average molecular weight is 440 g/mol. The molecule has 0 bridgehead atoms. The Hall–Kier alpha value is -3.26. The lowest BCUT2D eigenvalue weighted by molar-refractivity contribution is 0.0926. The number of hydrogen-bond donors (Lipinski definition) is 1. The molecule has 1 amide bonds. The molecule has 0 saturated heterocycles. The van der Waals surface area contributed by atoms with Crippen molar-refractivity contribution < 1.29 is 13.7 Å². The van der Waals surface area contributed by atoms with Gasteiger partial charge in [-0.2, -0.15) is 4.98 Å². The molecule has 2 aromatic heterocycles. The Labute approximate surface area is 167 Å². The Balaban J connectivity index is 1.41. The van der Waals surface area contributed by atoms with Gasteiger partial charge >= 0.3 is 0 Å². The molecule has 0 aliphatic rings. The topological polar surface area (TPSA) is 98.2 Å². The molecule has 4 aromatic rings. The molecule has 28 heavy (non-hydrogen) atoms. The maximum Gasteiger partial charge on any atom is 0.287 e. The number of rotatable bonds is 5. The van der Waals surface area contributed by atoms with Crippen molar-refractivity contribution in [2.24, 2.45) is 0 Å². The SMILES string of the molecule is O=C(NCCc1nc(-c2ccccc2)no1)c1cc(=O)c2cc(Br)ccc2o1. The van der Waals surface area contributed by atoms with Crippen LogP contribution in [0.25, 0.3) is 22.4 Å². The number of hydrogen-bond acceptors (Lipinski definition) is 6. The van der Waals surface area contributed by atoms with Crippen LogP contribution in [0.4, 0.5) is 0 Å². The molecule has 0 spiro atoms. The van der Waals surface area contributed by atoms with E-state index in [0.717, 1.165) is 10.0 Å². The van der Waals surface area contributed by atoms with Crippen LogP contribution in [0.1, 0.15) is 16.4 Å². The van der Waals surface area contributed by atoms with Crippen molar-refractivity contribution in [3.63, 3.8) is 0 Å². The Morgan fingerprint density at radius 2 is 1.93 bits per heavy atom. The minimum atomic E-state index is -0.482. The lowest BCUT2D eigenvalue weighted by atomic mass is 10.2. The summed E-state index contributed by atoms with van der Waals surface area (Å²) in [7, 11) is 0. The number of halogens is 1. The summed E-state index contributed by atoms with van der Waals surface area (Å²) in [6, 6.07) is 15.7. The third kappa shape index (κ3) is 3.86. The first-order valence-corrected chi connectivity index (χ1v) is 9.29. The fourth-order valence-corrected chi connectivity index (χ4v) is 3.03. The van der Waals surface area contributed by atoms with E-state index in [2.05, 4.69) is 31.4 Å². The largest absolute Gasteiger partial charge is 0.451 e. The first kappa shape index (κ1) is 18.1. The van der Waals surface area contributed by atoms with Crippen molar-refractivity contribution in [2.45, 2.75) is 6.42 Å². The van der Waals surface area contributed by atoms with Crippen LogP contribution < -0.4 is 10.7 Å². The van der Waals surface area contributed by atoms with Crippen LogP contribution in [-0.2, 0) is 6.42 Å². The highest BCUT2D eigenvalue weighted by Gasteiger charge is 2.13. The number of carbonyl (C=O) groups excluding carboxylic acids is 1. The Morgan fingerprint density at radius 1 is 1.11 bits per heavy atom. The fourth-order valence-electron chi connectivity index (χ4n) is 2.67. The Kier molecular flexibility index (Phi) is 5.03. The van der Waals surface area contributed by atoms with E-state index >= 15 is 0 Å². The van der Waals surface area contributed by atoms with Gasteiger partial charge in [0.1, 0.15) is 5.58 Å². The second kappa shape index (κ2) is 7.77. The number of aromatic nitrogens is 2. The summed E-state index contributed by atoms with van der Waals surface area (Å²) in [4.78, 5) is 28.8. The molecule has 0 aliphatic heterocycles. The van der Waals surface area contributed by atoms with E-state index in [0.29, 0.717) is 29.1 Å². The highest BCUT2D eigenvalue weighted by Crippen LogP contribution is 2.18. The third-order valence-corrected chi connectivity index (χ3v) is 4.53. The quantitative estimate of drug-likeness (QED) is 0.510. The lowest BCUT2D eigenvalue weighted by Crippen LogP contribution is -2.26. The molecule has 0 unspecified atom stereocenters. The normalized spacial score (nSPS) is 10.9. The van der Waals surface area contributed by atoms with E-state index < -0.39 is 5.91 Å². The molecule has 7 nitrogen and oxygen atoms in total. The first-order chi connectivity index (χ1) is 13.6. The van der Waals surface area contributed by atoms with Gasteiger partial charge in [0.2, 0.25) is 11.7 Å². The summed E-state index contributed by atoms with van der Waals surface area (Å²) in [5, 5.41) is 7.03. The second-order valence-corrected chi connectivity index (χ2v) is 6.91. The molecule has 0 saturated carbocycles. The van der Waals surface area contributed by atoms with Crippen LogP contribution in [0.15, 0.2) is 72.8 Å². The number of nitrogens with one attached hydrogen (secondary N) is 1.